The highest BCUT2D eigenvalue weighted by Gasteiger charge is 2.16. The first kappa shape index (κ1) is 20.5. The molecular formula is C21H20FN3O3S. The fraction of sp³-hybridized carbons (Fsp3) is 0.190. The van der Waals surface area contributed by atoms with Crippen LogP contribution in [0.3, 0.4) is 0 Å². The van der Waals surface area contributed by atoms with E-state index >= 15 is 0 Å². The zero-order valence-electron chi connectivity index (χ0n) is 15.8. The zero-order chi connectivity index (χ0) is 20.6. The Balaban J connectivity index is 1.63. The van der Waals surface area contributed by atoms with Gasteiger partial charge in [0.05, 0.1) is 11.3 Å². The van der Waals surface area contributed by atoms with Crippen LogP contribution >= 0.6 is 11.3 Å². The molecule has 3 aromatic rings. The van der Waals surface area contributed by atoms with E-state index in [1.165, 1.54) is 35.6 Å². The summed E-state index contributed by atoms with van der Waals surface area (Å²) in [6, 6.07) is 12.5. The van der Waals surface area contributed by atoms with Gasteiger partial charge in [-0.2, -0.15) is 0 Å². The van der Waals surface area contributed by atoms with Crippen LogP contribution < -0.4 is 15.4 Å². The van der Waals surface area contributed by atoms with Crippen LogP contribution in [0.1, 0.15) is 39.2 Å². The normalized spacial score (nSPS) is 10.4. The zero-order valence-corrected chi connectivity index (χ0v) is 16.6. The number of ether oxygens (including phenoxy) is 1. The first-order valence-corrected chi connectivity index (χ1v) is 9.96. The van der Waals surface area contributed by atoms with Crippen molar-refractivity contribution in [1.82, 2.24) is 10.3 Å². The number of amides is 2. The molecule has 2 N–H and O–H groups in total. The maximum absolute atomic E-state index is 12.9. The minimum Gasteiger partial charge on any atom is -0.486 e. The number of aromatic nitrogens is 1. The summed E-state index contributed by atoms with van der Waals surface area (Å²) in [6.45, 7) is 2.69. The average molecular weight is 413 g/mol. The van der Waals surface area contributed by atoms with E-state index in [0.717, 1.165) is 6.42 Å². The molecule has 0 fully saturated rings. The maximum atomic E-state index is 12.9. The first-order chi connectivity index (χ1) is 14.1. The third-order valence-corrected chi connectivity index (χ3v) is 4.74. The number of carbonyl (C=O) groups excluding carboxylic acids is 2. The van der Waals surface area contributed by atoms with Crippen LogP contribution in [0.25, 0.3) is 0 Å². The van der Waals surface area contributed by atoms with E-state index in [1.54, 1.807) is 29.6 Å². The van der Waals surface area contributed by atoms with Crippen LogP contribution in [0.2, 0.25) is 0 Å². The monoisotopic (exact) mass is 413 g/mol. The Hall–Kier alpha value is -3.26. The van der Waals surface area contributed by atoms with Crippen LogP contribution in [-0.4, -0.2) is 23.3 Å². The molecule has 29 heavy (non-hydrogen) atoms. The van der Waals surface area contributed by atoms with E-state index in [-0.39, 0.29) is 24.0 Å². The van der Waals surface area contributed by atoms with Crippen LogP contribution in [0, 0.1) is 5.82 Å². The van der Waals surface area contributed by atoms with Gasteiger partial charge in [0.25, 0.3) is 11.8 Å². The van der Waals surface area contributed by atoms with Gasteiger partial charge < -0.3 is 15.4 Å². The Morgan fingerprint density at radius 3 is 2.62 bits per heavy atom. The second-order valence-corrected chi connectivity index (χ2v) is 7.07. The minimum absolute atomic E-state index is 0.166. The molecule has 0 aliphatic carbocycles. The quantitative estimate of drug-likeness (QED) is 0.578. The molecule has 0 unspecified atom stereocenters. The third kappa shape index (κ3) is 5.61. The lowest BCUT2D eigenvalue weighted by Crippen LogP contribution is -2.25. The Morgan fingerprint density at radius 1 is 1.10 bits per heavy atom. The number of para-hydroxylation sites is 1. The van der Waals surface area contributed by atoms with Gasteiger partial charge in [-0.1, -0.05) is 19.1 Å². The molecule has 0 spiro atoms. The smallest absolute Gasteiger partial charge is 0.275 e. The van der Waals surface area contributed by atoms with Crippen molar-refractivity contribution in [3.8, 4) is 5.75 Å². The lowest BCUT2D eigenvalue weighted by molar-refractivity contribution is 0.0954. The number of nitrogens with one attached hydrogen (secondary N) is 2. The lowest BCUT2D eigenvalue weighted by atomic mass is 10.1. The highest BCUT2D eigenvalue weighted by molar-refractivity contribution is 7.09. The molecule has 0 saturated carbocycles. The first-order valence-electron chi connectivity index (χ1n) is 9.08. The topological polar surface area (TPSA) is 80.3 Å². The fourth-order valence-corrected chi connectivity index (χ4v) is 3.15. The van der Waals surface area contributed by atoms with Crippen LogP contribution in [0.5, 0.6) is 5.75 Å². The Labute approximate surface area is 171 Å². The summed E-state index contributed by atoms with van der Waals surface area (Å²) < 4.78 is 18.5. The second kappa shape index (κ2) is 9.79. The molecule has 150 valence electrons. The van der Waals surface area contributed by atoms with Crippen molar-refractivity contribution in [2.75, 3.05) is 11.9 Å². The number of nitrogens with zero attached hydrogens (tertiary/aromatic N) is 1. The summed E-state index contributed by atoms with van der Waals surface area (Å²) >= 11 is 1.28. The number of halogens is 1. The van der Waals surface area contributed by atoms with Gasteiger partial charge in [-0.15, -0.1) is 11.3 Å². The van der Waals surface area contributed by atoms with Crippen molar-refractivity contribution >= 4 is 28.8 Å². The molecule has 0 atom stereocenters. The molecule has 0 aliphatic rings. The van der Waals surface area contributed by atoms with Crippen molar-refractivity contribution in [2.45, 2.75) is 20.0 Å². The summed E-state index contributed by atoms with van der Waals surface area (Å²) in [5.41, 5.74) is 1.05. The van der Waals surface area contributed by atoms with E-state index in [2.05, 4.69) is 15.6 Å². The van der Waals surface area contributed by atoms with Gasteiger partial charge in [0, 0.05) is 11.9 Å². The predicted octanol–water partition coefficient (Wildman–Crippen LogP) is 4.25. The van der Waals surface area contributed by atoms with Crippen molar-refractivity contribution in [1.29, 1.82) is 0 Å². The van der Waals surface area contributed by atoms with Crippen LogP contribution in [-0.2, 0) is 6.61 Å². The summed E-state index contributed by atoms with van der Waals surface area (Å²) in [5.74, 6) is -0.478. The van der Waals surface area contributed by atoms with Crippen LogP contribution in [0.15, 0.2) is 53.9 Å². The molecule has 0 bridgehead atoms. The van der Waals surface area contributed by atoms with Gasteiger partial charge >= 0.3 is 0 Å². The Bertz CT molecular complexity index is 989. The predicted molar refractivity (Wildman–Crippen MR) is 110 cm³/mol. The molecule has 1 aromatic heterocycles. The molecule has 8 heteroatoms. The van der Waals surface area contributed by atoms with Crippen molar-refractivity contribution < 1.29 is 18.7 Å². The second-order valence-electron chi connectivity index (χ2n) is 6.12. The van der Waals surface area contributed by atoms with E-state index in [1.807, 2.05) is 6.92 Å². The minimum atomic E-state index is -0.412. The highest BCUT2D eigenvalue weighted by Crippen LogP contribution is 2.19. The van der Waals surface area contributed by atoms with E-state index in [0.29, 0.717) is 28.6 Å². The van der Waals surface area contributed by atoms with Crippen molar-refractivity contribution in [3.63, 3.8) is 0 Å². The molecule has 0 radical (unpaired) electrons. The molecule has 3 rings (SSSR count). The molecule has 2 aromatic carbocycles. The lowest BCUT2D eigenvalue weighted by Gasteiger charge is -2.10. The maximum Gasteiger partial charge on any atom is 0.275 e. The number of carbonyl (C=O) groups is 2. The van der Waals surface area contributed by atoms with Crippen molar-refractivity contribution in [2.24, 2.45) is 0 Å². The molecular weight excluding hydrogens is 393 g/mol. The largest absolute Gasteiger partial charge is 0.486 e. The SMILES string of the molecule is CCCNC(=O)c1ccccc1NC(=O)c1csc(COc2ccc(F)cc2)n1. The number of hydrogen-bond donors (Lipinski definition) is 2. The standard InChI is InChI=1S/C21H20FN3O3S/c1-2-11-23-20(26)16-5-3-4-6-17(16)25-21(27)18-13-29-19(24-18)12-28-15-9-7-14(22)8-10-15/h3-10,13H,2,11-12H2,1H3,(H,23,26)(H,25,27). The molecule has 0 saturated heterocycles. The number of hydrogen-bond acceptors (Lipinski definition) is 5. The summed E-state index contributed by atoms with van der Waals surface area (Å²) in [6.07, 6.45) is 0.821. The molecule has 6 nitrogen and oxygen atoms in total. The summed E-state index contributed by atoms with van der Waals surface area (Å²) in [7, 11) is 0. The van der Waals surface area contributed by atoms with Crippen molar-refractivity contribution in [3.05, 3.63) is 76.0 Å². The van der Waals surface area contributed by atoms with Gasteiger partial charge in [0.1, 0.15) is 28.9 Å². The number of benzene rings is 2. The number of thiazole rings is 1. The highest BCUT2D eigenvalue weighted by atomic mass is 32.1. The fourth-order valence-electron chi connectivity index (χ4n) is 2.47. The third-order valence-electron chi connectivity index (χ3n) is 3.92. The van der Waals surface area contributed by atoms with E-state index in [4.69, 9.17) is 4.74 Å². The number of anilines is 1. The molecule has 2 amide bonds. The average Bonchev–Trinajstić information content (AvgIpc) is 3.21. The van der Waals surface area contributed by atoms with Gasteiger partial charge in [-0.3, -0.25) is 9.59 Å². The van der Waals surface area contributed by atoms with Crippen LogP contribution in [0.4, 0.5) is 10.1 Å². The summed E-state index contributed by atoms with van der Waals surface area (Å²) in [4.78, 5) is 29.1. The molecule has 1 heterocycles. The van der Waals surface area contributed by atoms with Gasteiger partial charge in [0.15, 0.2) is 0 Å². The van der Waals surface area contributed by atoms with Gasteiger partial charge in [-0.05, 0) is 42.8 Å². The van der Waals surface area contributed by atoms with Gasteiger partial charge in [0.2, 0.25) is 0 Å². The summed E-state index contributed by atoms with van der Waals surface area (Å²) in [5, 5.41) is 7.77. The number of rotatable bonds is 8. The van der Waals surface area contributed by atoms with Gasteiger partial charge in [-0.25, -0.2) is 9.37 Å². The van der Waals surface area contributed by atoms with E-state index in [9.17, 15) is 14.0 Å². The Morgan fingerprint density at radius 2 is 1.86 bits per heavy atom. The Kier molecular flexibility index (Phi) is 6.91. The van der Waals surface area contributed by atoms with E-state index < -0.39 is 5.91 Å². The molecule has 0 aliphatic heterocycles.